The van der Waals surface area contributed by atoms with Gasteiger partial charge in [-0.2, -0.15) is 0 Å². The summed E-state index contributed by atoms with van der Waals surface area (Å²) in [6.45, 7) is 0. The Balaban J connectivity index is 1.52. The molecule has 0 bridgehead atoms. The maximum Gasteiger partial charge on any atom is 0.185 e. The molecule has 0 saturated heterocycles. The second kappa shape index (κ2) is 7.07. The molecule has 4 heteroatoms. The highest BCUT2D eigenvalue weighted by Crippen LogP contribution is 2.19. The molecular weight excluding hydrogens is 322 g/mol. The maximum atomic E-state index is 12.4. The molecule has 0 unspecified atom stereocenters. The Bertz CT molecular complexity index is 1090. The zero-order valence-electron chi connectivity index (χ0n) is 13.9. The summed E-state index contributed by atoms with van der Waals surface area (Å²) in [4.78, 5) is 25.0. The lowest BCUT2D eigenvalue weighted by Gasteiger charge is -2.02. The molecule has 2 heterocycles. The first-order chi connectivity index (χ1) is 12.8. The maximum absolute atomic E-state index is 12.4. The average molecular weight is 337 g/mol. The summed E-state index contributed by atoms with van der Waals surface area (Å²) in [6.07, 6.45) is 10.2. The summed E-state index contributed by atoms with van der Waals surface area (Å²) in [5.74, 6) is -0.0398. The van der Waals surface area contributed by atoms with Crippen LogP contribution >= 0.6 is 0 Å². The monoisotopic (exact) mass is 337 g/mol. The lowest BCUT2D eigenvalue weighted by atomic mass is 10.0. The number of nitrogens with zero attached hydrogens (tertiary/aromatic N) is 3. The molecule has 0 spiro atoms. The van der Waals surface area contributed by atoms with Crippen molar-refractivity contribution < 1.29 is 4.79 Å². The van der Waals surface area contributed by atoms with E-state index < -0.39 is 0 Å². The van der Waals surface area contributed by atoms with Gasteiger partial charge in [-0.15, -0.1) is 0 Å². The zero-order valence-corrected chi connectivity index (χ0v) is 13.9. The van der Waals surface area contributed by atoms with Crippen LogP contribution in [0.2, 0.25) is 0 Å². The molecule has 0 amide bonds. The Morgan fingerprint density at radius 2 is 1.62 bits per heavy atom. The molecule has 0 radical (unpaired) electrons. The number of carbonyl (C=O) groups excluding carboxylic acids is 1. The van der Waals surface area contributed by atoms with Crippen molar-refractivity contribution in [2.45, 2.75) is 0 Å². The number of ketones is 1. The van der Waals surface area contributed by atoms with E-state index in [1.165, 1.54) is 0 Å². The average Bonchev–Trinajstić information content (AvgIpc) is 2.72. The standard InChI is InChI=1S/C22H15N3O/c26-22(10-4-16-3-9-20-21(14-16)25-13-12-24-20)18-7-5-17(6-8-18)19-2-1-11-23-15-19/h1-15H/b10-4+. The molecule has 0 aliphatic rings. The summed E-state index contributed by atoms with van der Waals surface area (Å²) >= 11 is 0. The largest absolute Gasteiger partial charge is 0.289 e. The first-order valence-corrected chi connectivity index (χ1v) is 8.23. The smallest absolute Gasteiger partial charge is 0.185 e. The van der Waals surface area contributed by atoms with Crippen LogP contribution in [0.15, 0.2) is 85.5 Å². The fraction of sp³-hybridized carbons (Fsp3) is 0. The van der Waals surface area contributed by atoms with Crippen LogP contribution in [0.4, 0.5) is 0 Å². The highest BCUT2D eigenvalue weighted by Gasteiger charge is 2.03. The number of benzene rings is 2. The van der Waals surface area contributed by atoms with E-state index in [9.17, 15) is 4.79 Å². The van der Waals surface area contributed by atoms with Gasteiger partial charge in [-0.3, -0.25) is 19.7 Å². The molecule has 4 nitrogen and oxygen atoms in total. The van der Waals surface area contributed by atoms with Gasteiger partial charge in [0.15, 0.2) is 5.78 Å². The lowest BCUT2D eigenvalue weighted by molar-refractivity contribution is 0.104. The van der Waals surface area contributed by atoms with Gasteiger partial charge >= 0.3 is 0 Å². The Hall–Kier alpha value is -3.66. The molecule has 26 heavy (non-hydrogen) atoms. The molecular formula is C22H15N3O. The summed E-state index contributed by atoms with van der Waals surface area (Å²) in [5.41, 5.74) is 5.27. The van der Waals surface area contributed by atoms with E-state index in [1.807, 2.05) is 54.6 Å². The molecule has 4 rings (SSSR count). The van der Waals surface area contributed by atoms with Gasteiger partial charge in [0.1, 0.15) is 0 Å². The molecule has 2 aromatic heterocycles. The van der Waals surface area contributed by atoms with Crippen LogP contribution in [-0.2, 0) is 0 Å². The second-order valence-corrected chi connectivity index (χ2v) is 5.82. The Morgan fingerprint density at radius 3 is 2.38 bits per heavy atom. The SMILES string of the molecule is O=C(/C=C/c1ccc2nccnc2c1)c1ccc(-c2cccnc2)cc1. The number of aromatic nitrogens is 3. The van der Waals surface area contributed by atoms with Crippen molar-refractivity contribution in [3.05, 3.63) is 96.6 Å². The highest BCUT2D eigenvalue weighted by atomic mass is 16.1. The van der Waals surface area contributed by atoms with Crippen molar-refractivity contribution in [2.75, 3.05) is 0 Å². The summed E-state index contributed by atoms with van der Waals surface area (Å²) in [6, 6.07) is 17.2. The zero-order chi connectivity index (χ0) is 17.8. The first-order valence-electron chi connectivity index (χ1n) is 8.23. The summed E-state index contributed by atoms with van der Waals surface area (Å²) in [7, 11) is 0. The van der Waals surface area contributed by atoms with Gasteiger partial charge in [0.05, 0.1) is 11.0 Å². The van der Waals surface area contributed by atoms with E-state index in [4.69, 9.17) is 0 Å². The third-order valence-corrected chi connectivity index (χ3v) is 4.08. The van der Waals surface area contributed by atoms with Gasteiger partial charge in [0, 0.05) is 30.4 Å². The van der Waals surface area contributed by atoms with Crippen LogP contribution in [0.5, 0.6) is 0 Å². The van der Waals surface area contributed by atoms with E-state index in [0.717, 1.165) is 27.7 Å². The number of pyridine rings is 1. The molecule has 4 aromatic rings. The second-order valence-electron chi connectivity index (χ2n) is 5.82. The van der Waals surface area contributed by atoms with Gasteiger partial charge < -0.3 is 0 Å². The van der Waals surface area contributed by atoms with E-state index in [2.05, 4.69) is 15.0 Å². The normalized spacial score (nSPS) is 11.1. The lowest BCUT2D eigenvalue weighted by Crippen LogP contribution is -1.94. The van der Waals surface area contributed by atoms with E-state index in [1.54, 1.807) is 36.9 Å². The molecule has 124 valence electrons. The fourth-order valence-corrected chi connectivity index (χ4v) is 2.71. The van der Waals surface area contributed by atoms with Crippen molar-refractivity contribution in [1.29, 1.82) is 0 Å². The summed E-state index contributed by atoms with van der Waals surface area (Å²) < 4.78 is 0. The van der Waals surface area contributed by atoms with E-state index in [-0.39, 0.29) is 5.78 Å². The van der Waals surface area contributed by atoms with Crippen molar-refractivity contribution in [1.82, 2.24) is 15.0 Å². The third kappa shape index (κ3) is 3.39. The number of allylic oxidation sites excluding steroid dienone is 1. The number of carbonyl (C=O) groups is 1. The summed E-state index contributed by atoms with van der Waals surface area (Å²) in [5, 5.41) is 0. The van der Waals surface area contributed by atoms with Crippen LogP contribution in [0.1, 0.15) is 15.9 Å². The molecule has 0 aliphatic heterocycles. The minimum atomic E-state index is -0.0398. The van der Waals surface area contributed by atoms with Gasteiger partial charge in [-0.25, -0.2) is 0 Å². The highest BCUT2D eigenvalue weighted by molar-refractivity contribution is 6.07. The predicted molar refractivity (Wildman–Crippen MR) is 103 cm³/mol. The number of hydrogen-bond acceptors (Lipinski definition) is 4. The van der Waals surface area contributed by atoms with Crippen LogP contribution in [0.3, 0.4) is 0 Å². The minimum Gasteiger partial charge on any atom is -0.289 e. The van der Waals surface area contributed by atoms with Crippen molar-refractivity contribution in [3.63, 3.8) is 0 Å². The van der Waals surface area contributed by atoms with Crippen molar-refractivity contribution in [2.24, 2.45) is 0 Å². The van der Waals surface area contributed by atoms with Crippen molar-refractivity contribution >= 4 is 22.9 Å². The Kier molecular flexibility index (Phi) is 4.31. The number of hydrogen-bond donors (Lipinski definition) is 0. The quantitative estimate of drug-likeness (QED) is 0.404. The molecule has 0 N–H and O–H groups in total. The Labute approximate surface area is 150 Å². The topological polar surface area (TPSA) is 55.7 Å². The Morgan fingerprint density at radius 1 is 0.808 bits per heavy atom. The van der Waals surface area contributed by atoms with E-state index >= 15 is 0 Å². The minimum absolute atomic E-state index is 0.0398. The third-order valence-electron chi connectivity index (χ3n) is 4.08. The fourth-order valence-electron chi connectivity index (χ4n) is 2.71. The molecule has 0 atom stereocenters. The van der Waals surface area contributed by atoms with Crippen LogP contribution in [-0.4, -0.2) is 20.7 Å². The van der Waals surface area contributed by atoms with Crippen LogP contribution < -0.4 is 0 Å². The number of fused-ring (bicyclic) bond motifs is 1. The molecule has 0 aliphatic carbocycles. The van der Waals surface area contributed by atoms with Crippen molar-refractivity contribution in [3.8, 4) is 11.1 Å². The predicted octanol–water partition coefficient (Wildman–Crippen LogP) is 4.59. The van der Waals surface area contributed by atoms with E-state index in [0.29, 0.717) is 5.56 Å². The molecule has 0 saturated carbocycles. The van der Waals surface area contributed by atoms with Crippen LogP contribution in [0, 0.1) is 0 Å². The molecule has 0 fully saturated rings. The first kappa shape index (κ1) is 15.8. The van der Waals surface area contributed by atoms with Gasteiger partial charge in [0.2, 0.25) is 0 Å². The molecule has 2 aromatic carbocycles. The van der Waals surface area contributed by atoms with Crippen LogP contribution in [0.25, 0.3) is 28.2 Å². The number of rotatable bonds is 4. The van der Waals surface area contributed by atoms with Gasteiger partial charge in [0.25, 0.3) is 0 Å². The van der Waals surface area contributed by atoms with Gasteiger partial charge in [-0.05, 0) is 41.0 Å². The van der Waals surface area contributed by atoms with Gasteiger partial charge in [-0.1, -0.05) is 42.5 Å².